The van der Waals surface area contributed by atoms with Gasteiger partial charge in [-0.05, 0) is 25.7 Å². The minimum atomic E-state index is 0.641. The van der Waals surface area contributed by atoms with Crippen molar-refractivity contribution in [3.63, 3.8) is 0 Å². The number of hydrogen-bond acceptors (Lipinski definition) is 2. The molecule has 1 aliphatic rings. The minimum absolute atomic E-state index is 0.641. The van der Waals surface area contributed by atoms with E-state index in [1.165, 1.54) is 199 Å². The Bertz CT molecular complexity index is 502. The van der Waals surface area contributed by atoms with Crippen molar-refractivity contribution in [1.29, 1.82) is 0 Å². The van der Waals surface area contributed by atoms with Crippen LogP contribution in [0, 0.1) is 0 Å². The van der Waals surface area contributed by atoms with Gasteiger partial charge in [-0.25, -0.2) is 0 Å². The van der Waals surface area contributed by atoms with Crippen molar-refractivity contribution in [3.05, 3.63) is 12.4 Å². The topological polar surface area (TPSA) is 6.48 Å². The Morgan fingerprint density at radius 2 is 0.590 bits per heavy atom. The molecule has 0 radical (unpaired) electrons. The molecule has 0 saturated heterocycles. The fourth-order valence-electron chi connectivity index (χ4n) is 6.36. The molecule has 1 heterocycles. The predicted octanol–water partition coefficient (Wildman–Crippen LogP) is 12.8. The van der Waals surface area contributed by atoms with E-state index in [1.54, 1.807) is 0 Å². The molecule has 1 aliphatic heterocycles. The second kappa shape index (κ2) is 28.9. The van der Waals surface area contributed by atoms with E-state index in [9.17, 15) is 0 Å². The summed E-state index contributed by atoms with van der Waals surface area (Å²) >= 11 is 0. The van der Waals surface area contributed by atoms with Gasteiger partial charge >= 0.3 is 0 Å². The largest absolute Gasteiger partial charge is 0.356 e. The Labute approximate surface area is 248 Å². The molecule has 0 aromatic heterocycles. The van der Waals surface area contributed by atoms with E-state index < -0.39 is 0 Å². The molecule has 0 saturated carbocycles. The summed E-state index contributed by atoms with van der Waals surface area (Å²) in [5.41, 5.74) is 0. The Hall–Kier alpha value is -0.660. The molecule has 0 N–H and O–H groups in total. The van der Waals surface area contributed by atoms with Crippen LogP contribution in [-0.2, 0) is 0 Å². The highest BCUT2D eigenvalue weighted by Crippen LogP contribution is 2.24. The highest BCUT2D eigenvalue weighted by molar-refractivity contribution is 4.97. The van der Waals surface area contributed by atoms with E-state index in [4.69, 9.17) is 0 Å². The summed E-state index contributed by atoms with van der Waals surface area (Å²) < 4.78 is 0. The van der Waals surface area contributed by atoms with Gasteiger partial charge in [-0.3, -0.25) is 0 Å². The Morgan fingerprint density at radius 3 is 0.897 bits per heavy atom. The van der Waals surface area contributed by atoms with Crippen LogP contribution in [-0.4, -0.2) is 29.1 Å². The molecule has 0 spiro atoms. The van der Waals surface area contributed by atoms with Gasteiger partial charge in [0.25, 0.3) is 0 Å². The molecule has 1 unspecified atom stereocenters. The van der Waals surface area contributed by atoms with Gasteiger partial charge in [0.1, 0.15) is 6.17 Å². The first-order chi connectivity index (χ1) is 19.3. The third-order valence-corrected chi connectivity index (χ3v) is 9.07. The smallest absolute Gasteiger partial charge is 0.101 e. The zero-order valence-electron chi connectivity index (χ0n) is 27.5. The molecule has 0 bridgehead atoms. The van der Waals surface area contributed by atoms with Gasteiger partial charge < -0.3 is 9.80 Å². The van der Waals surface area contributed by atoms with Gasteiger partial charge in [0.05, 0.1) is 0 Å². The Morgan fingerprint density at radius 1 is 0.333 bits per heavy atom. The van der Waals surface area contributed by atoms with Crippen molar-refractivity contribution in [3.8, 4) is 0 Å². The van der Waals surface area contributed by atoms with E-state index >= 15 is 0 Å². The van der Waals surface area contributed by atoms with Crippen molar-refractivity contribution in [2.24, 2.45) is 0 Å². The summed E-state index contributed by atoms with van der Waals surface area (Å²) in [6.45, 7) is 9.48. The third-order valence-electron chi connectivity index (χ3n) is 9.07. The van der Waals surface area contributed by atoms with Gasteiger partial charge in [-0.2, -0.15) is 0 Å². The van der Waals surface area contributed by atoms with E-state index in [1.807, 2.05) is 0 Å². The van der Waals surface area contributed by atoms with Crippen LogP contribution < -0.4 is 0 Å². The molecule has 0 aromatic carbocycles. The maximum atomic E-state index is 2.71. The molecular weight excluding hydrogens is 472 g/mol. The van der Waals surface area contributed by atoms with Crippen LogP contribution in [0.3, 0.4) is 0 Å². The average Bonchev–Trinajstić information content (AvgIpc) is 3.33. The second-order valence-electron chi connectivity index (χ2n) is 12.9. The van der Waals surface area contributed by atoms with Crippen molar-refractivity contribution >= 4 is 0 Å². The van der Waals surface area contributed by atoms with Crippen LogP contribution in [0.5, 0.6) is 0 Å². The summed E-state index contributed by atoms with van der Waals surface area (Å²) in [6, 6.07) is 0. The van der Waals surface area contributed by atoms with E-state index in [0.29, 0.717) is 6.17 Å². The lowest BCUT2D eigenvalue weighted by Gasteiger charge is -2.33. The van der Waals surface area contributed by atoms with Crippen molar-refractivity contribution in [2.45, 2.75) is 213 Å². The summed E-state index contributed by atoms with van der Waals surface area (Å²) in [5, 5.41) is 0. The van der Waals surface area contributed by atoms with Crippen molar-refractivity contribution in [1.82, 2.24) is 9.80 Å². The van der Waals surface area contributed by atoms with E-state index in [-0.39, 0.29) is 0 Å². The zero-order chi connectivity index (χ0) is 28.1. The van der Waals surface area contributed by atoms with Crippen LogP contribution in [0.25, 0.3) is 0 Å². The van der Waals surface area contributed by atoms with Gasteiger partial charge in [-0.15, -0.1) is 0 Å². The third kappa shape index (κ3) is 21.7. The monoisotopic (exact) mass is 547 g/mol. The summed E-state index contributed by atoms with van der Waals surface area (Å²) in [6.07, 6.45) is 46.9. The lowest BCUT2D eigenvalue weighted by atomic mass is 10.0. The first kappa shape index (κ1) is 36.4. The molecule has 39 heavy (non-hydrogen) atoms. The number of rotatable bonds is 31. The van der Waals surface area contributed by atoms with Crippen LogP contribution >= 0.6 is 0 Å². The van der Waals surface area contributed by atoms with Crippen molar-refractivity contribution < 1.29 is 0 Å². The average molecular weight is 547 g/mol. The molecule has 0 aromatic rings. The maximum Gasteiger partial charge on any atom is 0.101 e. The van der Waals surface area contributed by atoms with Crippen LogP contribution in [0.1, 0.15) is 207 Å². The van der Waals surface area contributed by atoms with Gasteiger partial charge in [0, 0.05) is 25.5 Å². The predicted molar refractivity (Wildman–Crippen MR) is 177 cm³/mol. The molecule has 0 amide bonds. The molecule has 1 atom stereocenters. The van der Waals surface area contributed by atoms with Gasteiger partial charge in [-0.1, -0.05) is 181 Å². The molecule has 1 rings (SSSR count). The highest BCUT2D eigenvalue weighted by atomic mass is 15.4. The van der Waals surface area contributed by atoms with Gasteiger partial charge in [0.2, 0.25) is 0 Å². The van der Waals surface area contributed by atoms with Crippen LogP contribution in [0.4, 0.5) is 0 Å². The standard InChI is InChI=1S/C37H74N2/c1-4-7-10-13-16-17-18-19-20-21-22-25-28-31-34-39-36-35-38(33-30-27-24-15-12-9-6-3)37(39)32-29-26-23-14-11-8-5-2/h35-37H,4-34H2,1-3H3. The highest BCUT2D eigenvalue weighted by Gasteiger charge is 2.24. The molecule has 0 fully saturated rings. The first-order valence-corrected chi connectivity index (χ1v) is 18.5. The normalized spacial score (nSPS) is 15.2. The molecule has 2 nitrogen and oxygen atoms in total. The SMILES string of the molecule is CCCCCCCCCCCCCCCCN1C=CN(CCCCCCCCC)C1CCCCCCCCC. The summed E-state index contributed by atoms with van der Waals surface area (Å²) in [5.74, 6) is 0. The fraction of sp³-hybridized carbons (Fsp3) is 0.946. The van der Waals surface area contributed by atoms with E-state index in [0.717, 1.165) is 0 Å². The van der Waals surface area contributed by atoms with Crippen molar-refractivity contribution in [2.75, 3.05) is 13.1 Å². The molecule has 0 aliphatic carbocycles. The van der Waals surface area contributed by atoms with Crippen LogP contribution in [0.2, 0.25) is 0 Å². The van der Waals surface area contributed by atoms with E-state index in [2.05, 4.69) is 43.0 Å². The first-order valence-electron chi connectivity index (χ1n) is 18.5. The number of nitrogens with zero attached hydrogens (tertiary/aromatic N) is 2. The second-order valence-corrected chi connectivity index (χ2v) is 12.9. The summed E-state index contributed by atoms with van der Waals surface area (Å²) in [4.78, 5) is 5.41. The Balaban J connectivity index is 2.17. The molecule has 232 valence electrons. The summed E-state index contributed by atoms with van der Waals surface area (Å²) in [7, 11) is 0. The molecule has 2 heteroatoms. The number of unbranched alkanes of at least 4 members (excludes halogenated alkanes) is 25. The lowest BCUT2D eigenvalue weighted by Crippen LogP contribution is -2.39. The van der Waals surface area contributed by atoms with Crippen LogP contribution in [0.15, 0.2) is 12.4 Å². The minimum Gasteiger partial charge on any atom is -0.356 e. The Kier molecular flexibility index (Phi) is 26.9. The zero-order valence-corrected chi connectivity index (χ0v) is 27.5. The van der Waals surface area contributed by atoms with Gasteiger partial charge in [0.15, 0.2) is 0 Å². The molecular formula is C37H74N2. The lowest BCUT2D eigenvalue weighted by molar-refractivity contribution is 0.135. The maximum absolute atomic E-state index is 2.71. The number of hydrogen-bond donors (Lipinski definition) is 0. The quantitative estimate of drug-likeness (QED) is 0.0798. The fourth-order valence-corrected chi connectivity index (χ4v) is 6.36.